The van der Waals surface area contributed by atoms with E-state index >= 15 is 0 Å². The number of hydrogen-bond acceptors (Lipinski definition) is 6. The molecular weight excluding hydrogens is 352 g/mol. The number of benzene rings is 1. The number of piperazine rings is 1. The molecule has 0 amide bonds. The minimum absolute atomic E-state index is 0.747. The molecule has 146 valence electrons. The molecule has 7 heteroatoms. The largest absolute Gasteiger partial charge is 0.378 e. The number of aromatic amines is 1. The molecule has 1 N–H and O–H groups in total. The maximum absolute atomic E-state index is 5.54. The van der Waals surface area contributed by atoms with Crippen molar-refractivity contribution >= 4 is 22.7 Å². The summed E-state index contributed by atoms with van der Waals surface area (Å²) in [7, 11) is 2.17. The van der Waals surface area contributed by atoms with E-state index < -0.39 is 0 Å². The molecule has 2 aromatic heterocycles. The lowest BCUT2D eigenvalue weighted by molar-refractivity contribution is 0.122. The summed E-state index contributed by atoms with van der Waals surface area (Å²) in [5.41, 5.74) is 3.26. The van der Waals surface area contributed by atoms with E-state index in [2.05, 4.69) is 57.1 Å². The van der Waals surface area contributed by atoms with Crippen molar-refractivity contribution in [2.24, 2.45) is 0 Å². The minimum Gasteiger partial charge on any atom is -0.378 e. The van der Waals surface area contributed by atoms with Crippen LogP contribution in [0, 0.1) is 0 Å². The number of hydrogen-bond donors (Lipinski definition) is 1. The van der Waals surface area contributed by atoms with Crippen LogP contribution in [0.3, 0.4) is 0 Å². The lowest BCUT2D eigenvalue weighted by Gasteiger charge is -2.34. The van der Waals surface area contributed by atoms with Crippen molar-refractivity contribution in [2.45, 2.75) is 0 Å². The number of ether oxygens (including phenoxy) is 1. The Labute approximate surface area is 164 Å². The Morgan fingerprint density at radius 1 is 0.929 bits per heavy atom. The van der Waals surface area contributed by atoms with Gasteiger partial charge in [0.2, 0.25) is 5.95 Å². The summed E-state index contributed by atoms with van der Waals surface area (Å²) in [5.74, 6) is 1.83. The van der Waals surface area contributed by atoms with Crippen LogP contribution in [0.5, 0.6) is 0 Å². The van der Waals surface area contributed by atoms with Crippen molar-refractivity contribution in [3.63, 3.8) is 0 Å². The SMILES string of the molecule is CN1CCN(c2nc(-c3cccc4[nH]ccc34)cc(N3CCOCC3)n2)CC1. The van der Waals surface area contributed by atoms with Crippen molar-refractivity contribution in [1.29, 1.82) is 0 Å². The van der Waals surface area contributed by atoms with Gasteiger partial charge >= 0.3 is 0 Å². The molecule has 0 bridgehead atoms. The van der Waals surface area contributed by atoms with Gasteiger partial charge in [-0.05, 0) is 19.2 Å². The average Bonchev–Trinajstić information content (AvgIpc) is 3.23. The molecular formula is C21H26N6O. The van der Waals surface area contributed by atoms with Crippen LogP contribution >= 0.6 is 0 Å². The summed E-state index contributed by atoms with van der Waals surface area (Å²) >= 11 is 0. The number of anilines is 2. The molecule has 2 saturated heterocycles. The number of morpholine rings is 1. The minimum atomic E-state index is 0.747. The predicted molar refractivity (Wildman–Crippen MR) is 112 cm³/mol. The third kappa shape index (κ3) is 3.31. The van der Waals surface area contributed by atoms with Crippen molar-refractivity contribution in [3.8, 4) is 11.3 Å². The Balaban J connectivity index is 1.59. The molecule has 7 nitrogen and oxygen atoms in total. The smallest absolute Gasteiger partial charge is 0.227 e. The van der Waals surface area contributed by atoms with E-state index in [1.165, 1.54) is 5.39 Å². The molecule has 0 radical (unpaired) electrons. The van der Waals surface area contributed by atoms with Gasteiger partial charge in [-0.25, -0.2) is 4.98 Å². The summed E-state index contributed by atoms with van der Waals surface area (Å²) in [5, 5.41) is 1.19. The lowest BCUT2D eigenvalue weighted by Crippen LogP contribution is -2.45. The van der Waals surface area contributed by atoms with Gasteiger partial charge in [0.05, 0.1) is 18.9 Å². The van der Waals surface area contributed by atoms with Crippen molar-refractivity contribution in [3.05, 3.63) is 36.5 Å². The number of likely N-dealkylation sites (N-methyl/N-ethyl adjacent to an activating group) is 1. The molecule has 0 unspecified atom stereocenters. The van der Waals surface area contributed by atoms with Gasteiger partial charge in [0.1, 0.15) is 5.82 Å². The molecule has 2 aliphatic rings. The molecule has 0 aliphatic carbocycles. The van der Waals surface area contributed by atoms with Gasteiger partial charge in [-0.3, -0.25) is 0 Å². The van der Waals surface area contributed by atoms with Crippen molar-refractivity contribution in [2.75, 3.05) is 69.3 Å². The van der Waals surface area contributed by atoms with Crippen LogP contribution in [0.15, 0.2) is 36.5 Å². The Bertz CT molecular complexity index is 956. The zero-order valence-electron chi connectivity index (χ0n) is 16.3. The number of rotatable bonds is 3. The fourth-order valence-electron chi connectivity index (χ4n) is 3.97. The Hall–Kier alpha value is -2.64. The van der Waals surface area contributed by atoms with Gasteiger partial charge in [0.25, 0.3) is 0 Å². The molecule has 0 atom stereocenters. The maximum atomic E-state index is 5.54. The fourth-order valence-corrected chi connectivity index (χ4v) is 3.97. The van der Waals surface area contributed by atoms with E-state index in [0.29, 0.717) is 0 Å². The number of H-pyrrole nitrogens is 1. The molecule has 5 rings (SSSR count). The Kier molecular flexibility index (Phi) is 4.62. The second-order valence-electron chi connectivity index (χ2n) is 7.55. The third-order valence-corrected chi connectivity index (χ3v) is 5.69. The van der Waals surface area contributed by atoms with Crippen LogP contribution in [0.25, 0.3) is 22.2 Å². The van der Waals surface area contributed by atoms with E-state index in [-0.39, 0.29) is 0 Å². The highest BCUT2D eigenvalue weighted by atomic mass is 16.5. The maximum Gasteiger partial charge on any atom is 0.227 e. The monoisotopic (exact) mass is 378 g/mol. The Morgan fingerprint density at radius 2 is 1.75 bits per heavy atom. The van der Waals surface area contributed by atoms with E-state index in [4.69, 9.17) is 14.7 Å². The number of aromatic nitrogens is 3. The average molecular weight is 378 g/mol. The third-order valence-electron chi connectivity index (χ3n) is 5.69. The van der Waals surface area contributed by atoms with Crippen LogP contribution in [-0.2, 0) is 4.74 Å². The van der Waals surface area contributed by atoms with Crippen molar-refractivity contribution in [1.82, 2.24) is 19.9 Å². The van der Waals surface area contributed by atoms with E-state index in [1.807, 2.05) is 6.20 Å². The first kappa shape index (κ1) is 17.5. The van der Waals surface area contributed by atoms with E-state index in [0.717, 1.165) is 81.0 Å². The highest BCUT2D eigenvalue weighted by Crippen LogP contribution is 2.31. The van der Waals surface area contributed by atoms with E-state index in [1.54, 1.807) is 0 Å². The van der Waals surface area contributed by atoms with Crippen molar-refractivity contribution < 1.29 is 4.74 Å². The van der Waals surface area contributed by atoms with Crippen LogP contribution < -0.4 is 9.80 Å². The number of fused-ring (bicyclic) bond motifs is 1. The quantitative estimate of drug-likeness (QED) is 0.754. The summed E-state index contributed by atoms with van der Waals surface area (Å²) in [6, 6.07) is 10.6. The molecule has 0 spiro atoms. The second-order valence-corrected chi connectivity index (χ2v) is 7.55. The van der Waals surface area contributed by atoms with E-state index in [9.17, 15) is 0 Å². The topological polar surface area (TPSA) is 60.5 Å². The molecule has 1 aromatic carbocycles. The predicted octanol–water partition coefficient (Wildman–Crippen LogP) is 2.21. The van der Waals surface area contributed by atoms with Gasteiger partial charge in [-0.15, -0.1) is 0 Å². The van der Waals surface area contributed by atoms with Crippen LogP contribution in [0.2, 0.25) is 0 Å². The van der Waals surface area contributed by atoms with Gasteiger partial charge in [-0.2, -0.15) is 4.98 Å². The lowest BCUT2D eigenvalue weighted by atomic mass is 10.1. The van der Waals surface area contributed by atoms with Gasteiger partial charge in [-0.1, -0.05) is 12.1 Å². The summed E-state index contributed by atoms with van der Waals surface area (Å²) in [4.78, 5) is 20.2. The van der Waals surface area contributed by atoms with Gasteiger partial charge < -0.3 is 24.4 Å². The number of nitrogens with zero attached hydrogens (tertiary/aromatic N) is 5. The van der Waals surface area contributed by atoms with Gasteiger partial charge in [0, 0.05) is 68.0 Å². The first-order valence-electron chi connectivity index (χ1n) is 10.00. The van der Waals surface area contributed by atoms with Crippen LogP contribution in [0.1, 0.15) is 0 Å². The first-order valence-corrected chi connectivity index (χ1v) is 10.00. The molecule has 28 heavy (non-hydrogen) atoms. The molecule has 3 aromatic rings. The fraction of sp³-hybridized carbons (Fsp3) is 0.429. The zero-order chi connectivity index (χ0) is 18.9. The summed E-state index contributed by atoms with van der Waals surface area (Å²) in [6.07, 6.45) is 1.99. The summed E-state index contributed by atoms with van der Waals surface area (Å²) in [6.45, 7) is 7.21. The normalized spacial score (nSPS) is 18.8. The van der Waals surface area contributed by atoms with Crippen LogP contribution in [-0.4, -0.2) is 79.4 Å². The summed E-state index contributed by atoms with van der Waals surface area (Å²) < 4.78 is 5.54. The second kappa shape index (κ2) is 7.41. The zero-order valence-corrected chi connectivity index (χ0v) is 16.3. The van der Waals surface area contributed by atoms with Crippen LogP contribution in [0.4, 0.5) is 11.8 Å². The first-order chi connectivity index (χ1) is 13.8. The molecule has 4 heterocycles. The highest BCUT2D eigenvalue weighted by Gasteiger charge is 2.21. The molecule has 2 fully saturated rings. The number of nitrogens with one attached hydrogen (secondary N) is 1. The molecule has 0 saturated carbocycles. The molecule has 2 aliphatic heterocycles. The highest BCUT2D eigenvalue weighted by molar-refractivity contribution is 5.94. The Morgan fingerprint density at radius 3 is 2.57 bits per heavy atom. The van der Waals surface area contributed by atoms with Gasteiger partial charge in [0.15, 0.2) is 0 Å². The standard InChI is InChI=1S/C21H26N6O/c1-25-7-9-27(10-8-25)21-23-19(15-20(24-21)26-11-13-28-14-12-26)16-3-2-4-18-17(16)5-6-22-18/h2-6,15,22H,7-14H2,1H3.